The third-order valence-corrected chi connectivity index (χ3v) is 5.85. The summed E-state index contributed by atoms with van der Waals surface area (Å²) in [6.45, 7) is 0.493. The number of ether oxygens (including phenoxy) is 3. The number of hydrogen-bond acceptors (Lipinski definition) is 6. The fourth-order valence-electron chi connectivity index (χ4n) is 4.20. The molecule has 9 nitrogen and oxygen atoms in total. The molecule has 3 rings (SSSR count). The minimum Gasteiger partial charge on any atom is -0.481 e. The van der Waals surface area contributed by atoms with Crippen molar-refractivity contribution >= 4 is 18.0 Å². The minimum absolute atomic E-state index is 0.0588. The molecule has 0 saturated heterocycles. The Kier molecular flexibility index (Phi) is 8.61. The van der Waals surface area contributed by atoms with Crippen molar-refractivity contribution in [3.05, 3.63) is 59.7 Å². The highest BCUT2D eigenvalue weighted by atomic mass is 16.5. The number of carbonyl (C=O) groups excluding carboxylic acids is 2. The predicted molar refractivity (Wildman–Crippen MR) is 125 cm³/mol. The van der Waals surface area contributed by atoms with Crippen LogP contribution in [0.15, 0.2) is 48.5 Å². The topological polar surface area (TPSA) is 114 Å². The molecule has 34 heavy (non-hydrogen) atoms. The van der Waals surface area contributed by atoms with Crippen LogP contribution >= 0.6 is 0 Å². The summed E-state index contributed by atoms with van der Waals surface area (Å²) in [7, 11) is 4.52. The normalized spacial score (nSPS) is 14.0. The first kappa shape index (κ1) is 25.2. The second-order valence-corrected chi connectivity index (χ2v) is 8.15. The summed E-state index contributed by atoms with van der Waals surface area (Å²) in [4.78, 5) is 38.1. The lowest BCUT2D eigenvalue weighted by Crippen LogP contribution is -2.50. The van der Waals surface area contributed by atoms with Crippen LogP contribution in [0.1, 0.15) is 23.5 Å². The van der Waals surface area contributed by atoms with Gasteiger partial charge in [-0.3, -0.25) is 9.59 Å². The number of amides is 2. The van der Waals surface area contributed by atoms with Gasteiger partial charge in [-0.1, -0.05) is 48.5 Å². The van der Waals surface area contributed by atoms with Crippen LogP contribution in [0.25, 0.3) is 11.1 Å². The molecular weight excluding hydrogens is 440 g/mol. The Morgan fingerprint density at radius 3 is 2.15 bits per heavy atom. The van der Waals surface area contributed by atoms with E-state index in [4.69, 9.17) is 14.2 Å². The zero-order valence-corrected chi connectivity index (χ0v) is 19.5. The van der Waals surface area contributed by atoms with Crippen molar-refractivity contribution in [2.75, 3.05) is 41.0 Å². The third kappa shape index (κ3) is 5.92. The first-order chi connectivity index (χ1) is 16.3. The summed E-state index contributed by atoms with van der Waals surface area (Å²) in [6.07, 6.45) is -1.82. The van der Waals surface area contributed by atoms with Gasteiger partial charge in [-0.15, -0.1) is 0 Å². The number of carboxylic acids is 1. The van der Waals surface area contributed by atoms with Crippen LogP contribution in [0.4, 0.5) is 4.79 Å². The molecule has 9 heteroatoms. The van der Waals surface area contributed by atoms with Crippen LogP contribution in [-0.4, -0.2) is 81.1 Å². The average molecular weight is 471 g/mol. The Morgan fingerprint density at radius 1 is 1.03 bits per heavy atom. The van der Waals surface area contributed by atoms with Gasteiger partial charge in [0.15, 0.2) is 0 Å². The van der Waals surface area contributed by atoms with Crippen LogP contribution in [-0.2, 0) is 23.8 Å². The van der Waals surface area contributed by atoms with Gasteiger partial charge in [0.05, 0.1) is 19.1 Å². The van der Waals surface area contributed by atoms with E-state index in [-0.39, 0.29) is 31.8 Å². The summed E-state index contributed by atoms with van der Waals surface area (Å²) in [6, 6.07) is 14.6. The van der Waals surface area contributed by atoms with Crippen molar-refractivity contribution in [3.8, 4) is 11.1 Å². The van der Waals surface area contributed by atoms with Crippen molar-refractivity contribution in [2.45, 2.75) is 24.5 Å². The second kappa shape index (κ2) is 11.6. The zero-order chi connectivity index (χ0) is 24.7. The van der Waals surface area contributed by atoms with Crippen molar-refractivity contribution in [1.29, 1.82) is 0 Å². The molecule has 0 aromatic heterocycles. The van der Waals surface area contributed by atoms with Gasteiger partial charge in [-0.25, -0.2) is 4.79 Å². The summed E-state index contributed by atoms with van der Waals surface area (Å²) in [5.74, 6) is -1.93. The van der Waals surface area contributed by atoms with E-state index >= 15 is 0 Å². The molecule has 0 radical (unpaired) electrons. The Morgan fingerprint density at radius 2 is 1.62 bits per heavy atom. The quantitative estimate of drug-likeness (QED) is 0.519. The second-order valence-electron chi connectivity index (χ2n) is 8.15. The smallest absolute Gasteiger partial charge is 0.407 e. The number of aliphatic carboxylic acids is 1. The van der Waals surface area contributed by atoms with E-state index in [1.54, 1.807) is 0 Å². The number of fused-ring (bicyclic) bond motifs is 3. The fourth-order valence-corrected chi connectivity index (χ4v) is 4.20. The maximum atomic E-state index is 12.9. The van der Waals surface area contributed by atoms with Crippen molar-refractivity contribution < 1.29 is 33.7 Å². The van der Waals surface area contributed by atoms with Gasteiger partial charge >= 0.3 is 12.1 Å². The van der Waals surface area contributed by atoms with E-state index in [2.05, 4.69) is 5.32 Å². The largest absolute Gasteiger partial charge is 0.481 e. The number of hydrogen-bond donors (Lipinski definition) is 2. The summed E-state index contributed by atoms with van der Waals surface area (Å²) in [5.41, 5.74) is 4.30. The van der Waals surface area contributed by atoms with Crippen molar-refractivity contribution in [3.63, 3.8) is 0 Å². The predicted octanol–water partition coefficient (Wildman–Crippen LogP) is 2.49. The SMILES string of the molecule is COCC(CN(C)C(=O)C(CC(=O)O)NC(=O)OCC1c2ccccc2-c2ccccc21)OC. The summed E-state index contributed by atoms with van der Waals surface area (Å²) >= 11 is 0. The first-order valence-electron chi connectivity index (χ1n) is 11.0. The molecule has 0 spiro atoms. The minimum atomic E-state index is -1.28. The number of rotatable bonds is 11. The monoisotopic (exact) mass is 470 g/mol. The maximum Gasteiger partial charge on any atom is 0.407 e. The highest BCUT2D eigenvalue weighted by molar-refractivity contribution is 5.89. The highest BCUT2D eigenvalue weighted by Gasteiger charge is 2.31. The Hall–Kier alpha value is -3.43. The van der Waals surface area contributed by atoms with Gasteiger partial charge in [-0.05, 0) is 22.3 Å². The fraction of sp³-hybridized carbons (Fsp3) is 0.400. The first-order valence-corrected chi connectivity index (χ1v) is 11.0. The van der Waals surface area contributed by atoms with Crippen molar-refractivity contribution in [2.24, 2.45) is 0 Å². The molecule has 2 atom stereocenters. The third-order valence-electron chi connectivity index (χ3n) is 5.85. The number of benzene rings is 2. The number of carboxylic acid groups (broad SMARTS) is 1. The van der Waals surface area contributed by atoms with Crippen LogP contribution in [0.2, 0.25) is 0 Å². The van der Waals surface area contributed by atoms with Crippen LogP contribution < -0.4 is 5.32 Å². The van der Waals surface area contributed by atoms with E-state index in [9.17, 15) is 19.5 Å². The van der Waals surface area contributed by atoms with Gasteiger partial charge in [-0.2, -0.15) is 0 Å². The zero-order valence-electron chi connectivity index (χ0n) is 19.5. The van der Waals surface area contributed by atoms with E-state index in [1.165, 1.54) is 26.2 Å². The molecular formula is C25H30N2O7. The number of nitrogens with one attached hydrogen (secondary N) is 1. The molecule has 2 amide bonds. The Labute approximate surface area is 198 Å². The molecule has 0 aliphatic heterocycles. The van der Waals surface area contributed by atoms with E-state index in [0.717, 1.165) is 22.3 Å². The maximum absolute atomic E-state index is 12.9. The molecule has 0 bridgehead atoms. The van der Waals surface area contributed by atoms with Gasteiger partial charge in [0.1, 0.15) is 12.6 Å². The van der Waals surface area contributed by atoms with Gasteiger partial charge in [0.2, 0.25) is 5.91 Å². The van der Waals surface area contributed by atoms with Crippen LogP contribution in [0, 0.1) is 0 Å². The Balaban J connectivity index is 1.65. The number of likely N-dealkylation sites (N-methyl/N-ethyl adjacent to an activating group) is 1. The number of carbonyl (C=O) groups is 3. The highest BCUT2D eigenvalue weighted by Crippen LogP contribution is 2.44. The molecule has 0 fully saturated rings. The number of alkyl carbamates (subject to hydrolysis) is 1. The lowest BCUT2D eigenvalue weighted by atomic mass is 9.98. The molecule has 0 heterocycles. The number of nitrogens with zero attached hydrogens (tertiary/aromatic N) is 1. The lowest BCUT2D eigenvalue weighted by Gasteiger charge is -2.26. The molecule has 182 valence electrons. The van der Waals surface area contributed by atoms with Gasteiger partial charge in [0.25, 0.3) is 0 Å². The molecule has 2 aromatic rings. The van der Waals surface area contributed by atoms with Crippen LogP contribution in [0.3, 0.4) is 0 Å². The van der Waals surface area contributed by atoms with Crippen LogP contribution in [0.5, 0.6) is 0 Å². The summed E-state index contributed by atoms with van der Waals surface area (Å²) < 4.78 is 15.8. The molecule has 1 aliphatic rings. The molecule has 1 aliphatic carbocycles. The number of methoxy groups -OCH3 is 2. The van der Waals surface area contributed by atoms with E-state index in [1.807, 2.05) is 48.5 Å². The average Bonchev–Trinajstić information content (AvgIpc) is 3.15. The van der Waals surface area contributed by atoms with E-state index in [0.29, 0.717) is 0 Å². The van der Waals surface area contributed by atoms with E-state index < -0.39 is 30.4 Å². The molecule has 2 unspecified atom stereocenters. The van der Waals surface area contributed by atoms with Gasteiger partial charge in [0, 0.05) is 33.7 Å². The molecule has 0 saturated carbocycles. The molecule has 2 aromatic carbocycles. The lowest BCUT2D eigenvalue weighted by molar-refractivity contribution is -0.142. The van der Waals surface area contributed by atoms with Gasteiger partial charge < -0.3 is 29.5 Å². The van der Waals surface area contributed by atoms with Crippen molar-refractivity contribution in [1.82, 2.24) is 10.2 Å². The summed E-state index contributed by atoms with van der Waals surface area (Å²) in [5, 5.41) is 11.7. The molecule has 2 N–H and O–H groups in total. The standard InChI is InChI=1S/C25H30N2O7/c1-27(13-16(33-3)14-32-2)24(30)22(12-23(28)29)26-25(31)34-15-21-19-10-6-4-8-17(19)18-9-5-7-11-20(18)21/h4-11,16,21-22H,12-15H2,1-3H3,(H,26,31)(H,28,29). The Bertz CT molecular complexity index is 980.